The highest BCUT2D eigenvalue weighted by Gasteiger charge is 2.02. The van der Waals surface area contributed by atoms with Crippen molar-refractivity contribution in [2.45, 2.75) is 84.0 Å². The first-order valence-electron chi connectivity index (χ1n) is 9.34. The van der Waals surface area contributed by atoms with Crippen LogP contribution in [0.2, 0.25) is 0 Å². The maximum atomic E-state index is 11.8. The first kappa shape index (κ1) is 19.5. The monoisotopic (exact) mass is 317 g/mol. The number of nitrogens with one attached hydrogen (secondary N) is 2. The Bertz CT molecular complexity index is 431. The molecule has 0 heterocycles. The first-order chi connectivity index (χ1) is 11.2. The Morgan fingerprint density at radius 2 is 1.48 bits per heavy atom. The predicted molar refractivity (Wildman–Crippen MR) is 98.9 cm³/mol. The van der Waals surface area contributed by atoms with Crippen molar-refractivity contribution in [1.29, 1.82) is 0 Å². The second-order valence-corrected chi connectivity index (χ2v) is 6.41. The van der Waals surface area contributed by atoms with Crippen LogP contribution in [0, 0.1) is 0 Å². The molecule has 0 fully saturated rings. The van der Waals surface area contributed by atoms with E-state index >= 15 is 0 Å². The van der Waals surface area contributed by atoms with Gasteiger partial charge < -0.3 is 11.1 Å². The Kier molecular flexibility index (Phi) is 11.0. The summed E-state index contributed by atoms with van der Waals surface area (Å²) in [4.78, 5) is 11.8. The fourth-order valence-electron chi connectivity index (χ4n) is 2.77. The molecule has 0 aliphatic carbocycles. The lowest BCUT2D eigenvalue weighted by Gasteiger charge is -2.06. The Morgan fingerprint density at radius 3 is 2.04 bits per heavy atom. The van der Waals surface area contributed by atoms with Crippen LogP contribution in [0.4, 0.5) is 11.4 Å². The highest BCUT2D eigenvalue weighted by atomic mass is 16.1. The average Bonchev–Trinajstić information content (AvgIpc) is 2.52. The molecule has 0 bridgehead atoms. The van der Waals surface area contributed by atoms with Crippen molar-refractivity contribution in [2.24, 2.45) is 0 Å². The van der Waals surface area contributed by atoms with Crippen molar-refractivity contribution >= 4 is 17.3 Å². The van der Waals surface area contributed by atoms with Crippen molar-refractivity contribution in [3.63, 3.8) is 0 Å². The van der Waals surface area contributed by atoms with Crippen LogP contribution in [-0.2, 0) is 4.79 Å². The lowest BCUT2D eigenvalue weighted by atomic mass is 10.1. The van der Waals surface area contributed by atoms with E-state index in [0.29, 0.717) is 12.1 Å². The maximum absolute atomic E-state index is 11.8. The summed E-state index contributed by atoms with van der Waals surface area (Å²) in [6, 6.07) is 7.01. The standard InChI is InChI=1S/C20H33N2O/c1-2-3-4-5-6-7-8-9-10-11-12-16-20(23)22-19-15-13-14-18(21)17-19/h13-15,17,21H,2-12,16H2,1H3,(H,22,23). The Labute approximate surface area is 142 Å². The number of unbranched alkanes of at least 4 members (excludes halogenated alkanes) is 10. The number of anilines is 1. The van der Waals surface area contributed by atoms with Gasteiger partial charge in [-0.15, -0.1) is 0 Å². The summed E-state index contributed by atoms with van der Waals surface area (Å²) < 4.78 is 0. The molecule has 0 aromatic heterocycles. The molecule has 1 radical (unpaired) electrons. The van der Waals surface area contributed by atoms with Gasteiger partial charge in [-0.25, -0.2) is 0 Å². The van der Waals surface area contributed by atoms with Gasteiger partial charge in [0.25, 0.3) is 0 Å². The van der Waals surface area contributed by atoms with E-state index in [-0.39, 0.29) is 5.91 Å². The van der Waals surface area contributed by atoms with Crippen molar-refractivity contribution in [2.75, 3.05) is 5.32 Å². The Morgan fingerprint density at radius 1 is 0.913 bits per heavy atom. The summed E-state index contributed by atoms with van der Waals surface area (Å²) in [5.74, 6) is 0.0616. The van der Waals surface area contributed by atoms with Gasteiger partial charge in [-0.1, -0.05) is 77.2 Å². The van der Waals surface area contributed by atoms with Crippen LogP contribution in [-0.4, -0.2) is 5.91 Å². The second kappa shape index (κ2) is 13.0. The van der Waals surface area contributed by atoms with Crippen LogP contribution < -0.4 is 11.1 Å². The Hall–Kier alpha value is -1.51. The van der Waals surface area contributed by atoms with E-state index < -0.39 is 0 Å². The molecule has 0 aliphatic rings. The minimum atomic E-state index is 0.0616. The molecule has 1 aromatic carbocycles. The van der Waals surface area contributed by atoms with Crippen LogP contribution in [0.25, 0.3) is 0 Å². The van der Waals surface area contributed by atoms with E-state index in [4.69, 9.17) is 5.73 Å². The number of carbonyl (C=O) groups is 1. The number of benzene rings is 1. The van der Waals surface area contributed by atoms with Crippen LogP contribution >= 0.6 is 0 Å². The molecule has 3 nitrogen and oxygen atoms in total. The van der Waals surface area contributed by atoms with E-state index in [9.17, 15) is 4.79 Å². The maximum Gasteiger partial charge on any atom is 0.224 e. The zero-order valence-corrected chi connectivity index (χ0v) is 14.7. The molecular formula is C20H33N2O. The summed E-state index contributed by atoms with van der Waals surface area (Å²) in [5.41, 5.74) is 8.68. The van der Waals surface area contributed by atoms with Crippen LogP contribution in [0.5, 0.6) is 0 Å². The highest BCUT2D eigenvalue weighted by Crippen LogP contribution is 2.15. The predicted octanol–water partition coefficient (Wildman–Crippen LogP) is 6.24. The minimum absolute atomic E-state index is 0.0616. The van der Waals surface area contributed by atoms with Gasteiger partial charge in [0, 0.05) is 12.1 Å². The third-order valence-corrected chi connectivity index (χ3v) is 4.15. The number of hydrogen-bond acceptors (Lipinski definition) is 1. The van der Waals surface area contributed by atoms with E-state index in [1.807, 2.05) is 6.07 Å². The summed E-state index contributed by atoms with van der Waals surface area (Å²) in [6.45, 7) is 2.26. The highest BCUT2D eigenvalue weighted by molar-refractivity contribution is 5.91. The molecule has 0 saturated heterocycles. The molecule has 3 heteroatoms. The summed E-state index contributed by atoms with van der Waals surface area (Å²) in [6.07, 6.45) is 14.8. The van der Waals surface area contributed by atoms with Crippen LogP contribution in [0.15, 0.2) is 24.3 Å². The molecule has 1 rings (SSSR count). The summed E-state index contributed by atoms with van der Waals surface area (Å²) in [5, 5.41) is 2.86. The molecule has 0 unspecified atom stereocenters. The van der Waals surface area contributed by atoms with Gasteiger partial charge in [-0.05, 0) is 24.6 Å². The van der Waals surface area contributed by atoms with Crippen LogP contribution in [0.3, 0.4) is 0 Å². The third kappa shape index (κ3) is 10.8. The van der Waals surface area contributed by atoms with Crippen molar-refractivity contribution < 1.29 is 4.79 Å². The van der Waals surface area contributed by atoms with E-state index in [1.54, 1.807) is 18.2 Å². The lowest BCUT2D eigenvalue weighted by molar-refractivity contribution is -0.116. The van der Waals surface area contributed by atoms with Gasteiger partial charge in [-0.2, -0.15) is 0 Å². The van der Waals surface area contributed by atoms with Gasteiger partial charge in [0.15, 0.2) is 0 Å². The Balaban J connectivity index is 1.91. The molecule has 2 N–H and O–H groups in total. The SMILES string of the molecule is CCCCCCCCCCCCCC(=O)Nc1cccc([NH])c1. The zero-order valence-electron chi connectivity index (χ0n) is 14.7. The zero-order chi connectivity index (χ0) is 16.8. The molecule has 0 spiro atoms. The summed E-state index contributed by atoms with van der Waals surface area (Å²) >= 11 is 0. The molecule has 1 amide bonds. The molecular weight excluding hydrogens is 284 g/mol. The van der Waals surface area contributed by atoms with Gasteiger partial charge >= 0.3 is 0 Å². The first-order valence-corrected chi connectivity index (χ1v) is 9.34. The summed E-state index contributed by atoms with van der Waals surface area (Å²) in [7, 11) is 0. The number of carbonyl (C=O) groups excluding carboxylic acids is 1. The molecule has 0 atom stereocenters. The normalized spacial score (nSPS) is 10.7. The molecule has 1 aromatic rings. The number of amides is 1. The molecule has 23 heavy (non-hydrogen) atoms. The second-order valence-electron chi connectivity index (χ2n) is 6.41. The van der Waals surface area contributed by atoms with E-state index in [1.165, 1.54) is 57.8 Å². The van der Waals surface area contributed by atoms with Crippen molar-refractivity contribution in [3.8, 4) is 0 Å². The fourth-order valence-corrected chi connectivity index (χ4v) is 2.77. The topological polar surface area (TPSA) is 52.9 Å². The van der Waals surface area contributed by atoms with Gasteiger partial charge in [0.1, 0.15) is 0 Å². The molecule has 0 aliphatic heterocycles. The molecule has 0 saturated carbocycles. The van der Waals surface area contributed by atoms with Crippen molar-refractivity contribution in [3.05, 3.63) is 24.3 Å². The van der Waals surface area contributed by atoms with Crippen LogP contribution in [0.1, 0.15) is 84.0 Å². The average molecular weight is 317 g/mol. The van der Waals surface area contributed by atoms with E-state index in [2.05, 4.69) is 12.2 Å². The van der Waals surface area contributed by atoms with Gasteiger partial charge in [0.2, 0.25) is 5.91 Å². The largest absolute Gasteiger partial charge is 0.326 e. The number of rotatable bonds is 13. The third-order valence-electron chi connectivity index (χ3n) is 4.15. The van der Waals surface area contributed by atoms with Crippen molar-refractivity contribution in [1.82, 2.24) is 5.73 Å². The quantitative estimate of drug-likeness (QED) is 0.430. The van der Waals surface area contributed by atoms with Gasteiger partial charge in [0.05, 0.1) is 5.69 Å². The minimum Gasteiger partial charge on any atom is -0.326 e. The smallest absolute Gasteiger partial charge is 0.224 e. The van der Waals surface area contributed by atoms with E-state index in [0.717, 1.165) is 18.5 Å². The lowest BCUT2D eigenvalue weighted by Crippen LogP contribution is -2.10. The molecule has 129 valence electrons. The number of hydrogen-bond donors (Lipinski definition) is 1. The fraction of sp³-hybridized carbons (Fsp3) is 0.650. The van der Waals surface area contributed by atoms with Gasteiger partial charge in [-0.3, -0.25) is 4.79 Å².